The van der Waals surface area contributed by atoms with Gasteiger partial charge >= 0.3 is 0 Å². The van der Waals surface area contributed by atoms with Crippen LogP contribution in [0.25, 0.3) is 0 Å². The van der Waals surface area contributed by atoms with Gasteiger partial charge in [0.15, 0.2) is 0 Å². The number of anilines is 1. The van der Waals surface area contributed by atoms with Crippen molar-refractivity contribution in [2.75, 3.05) is 32.5 Å². The molecule has 18 heavy (non-hydrogen) atoms. The summed E-state index contributed by atoms with van der Waals surface area (Å²) in [5.41, 5.74) is 8.07. The first-order valence-corrected chi connectivity index (χ1v) is 7.24. The molecule has 0 saturated carbocycles. The highest BCUT2D eigenvalue weighted by Gasteiger charge is 2.16. The second-order valence-corrected chi connectivity index (χ2v) is 6.04. The first-order chi connectivity index (χ1) is 8.65. The Morgan fingerprint density at radius 3 is 3.00 bits per heavy atom. The predicted octanol–water partition coefficient (Wildman–Crippen LogP) is 2.89. The number of benzene rings is 1. The van der Waals surface area contributed by atoms with Crippen LogP contribution in [0.1, 0.15) is 18.4 Å². The van der Waals surface area contributed by atoms with E-state index in [9.17, 15) is 0 Å². The van der Waals surface area contributed by atoms with Crippen molar-refractivity contribution in [1.82, 2.24) is 4.90 Å². The van der Waals surface area contributed by atoms with Gasteiger partial charge in [-0.05, 0) is 43.5 Å². The third-order valence-electron chi connectivity index (χ3n) is 3.37. The summed E-state index contributed by atoms with van der Waals surface area (Å²) in [5.74, 6) is 0.667. The number of halogens is 1. The molecule has 4 heteroatoms. The lowest BCUT2D eigenvalue weighted by atomic mass is 10.0. The average Bonchev–Trinajstić information content (AvgIpc) is 2.34. The summed E-state index contributed by atoms with van der Waals surface area (Å²) in [4.78, 5) is 2.33. The fourth-order valence-corrected chi connectivity index (χ4v) is 2.84. The summed E-state index contributed by atoms with van der Waals surface area (Å²) in [7, 11) is 2.15. The first-order valence-electron chi connectivity index (χ1n) is 6.45. The van der Waals surface area contributed by atoms with Crippen LogP contribution in [0.15, 0.2) is 22.7 Å². The topological polar surface area (TPSA) is 38.5 Å². The summed E-state index contributed by atoms with van der Waals surface area (Å²) in [6.07, 6.45) is 2.47. The molecule has 1 fully saturated rings. The molecule has 0 aromatic heterocycles. The van der Waals surface area contributed by atoms with Crippen molar-refractivity contribution in [3.63, 3.8) is 0 Å². The van der Waals surface area contributed by atoms with Crippen molar-refractivity contribution >= 4 is 21.6 Å². The van der Waals surface area contributed by atoms with Crippen LogP contribution in [-0.2, 0) is 11.3 Å². The third-order valence-corrected chi connectivity index (χ3v) is 3.87. The normalized spacial score (nSPS) is 20.3. The van der Waals surface area contributed by atoms with Crippen LogP contribution in [0, 0.1) is 5.92 Å². The molecule has 0 bridgehead atoms. The molecule has 0 amide bonds. The Kier molecular flexibility index (Phi) is 5.03. The van der Waals surface area contributed by atoms with Crippen molar-refractivity contribution in [3.05, 3.63) is 28.2 Å². The fourth-order valence-electron chi connectivity index (χ4n) is 2.46. The molecular formula is C14H21BrN2O. The number of ether oxygens (including phenoxy) is 1. The SMILES string of the molecule is CN(Cc1ccc(Br)cc1N)CC1CCCOC1. The maximum atomic E-state index is 6.02. The minimum atomic E-state index is 0.667. The fraction of sp³-hybridized carbons (Fsp3) is 0.571. The molecule has 1 aromatic carbocycles. The molecule has 2 N–H and O–H groups in total. The van der Waals surface area contributed by atoms with Crippen LogP contribution in [0.5, 0.6) is 0 Å². The molecule has 1 aromatic rings. The van der Waals surface area contributed by atoms with E-state index in [0.29, 0.717) is 5.92 Å². The molecule has 1 aliphatic rings. The van der Waals surface area contributed by atoms with Crippen molar-refractivity contribution in [3.8, 4) is 0 Å². The van der Waals surface area contributed by atoms with Gasteiger partial charge in [0, 0.05) is 29.9 Å². The molecule has 1 unspecified atom stereocenters. The zero-order valence-corrected chi connectivity index (χ0v) is 12.4. The van der Waals surface area contributed by atoms with Gasteiger partial charge in [0.25, 0.3) is 0 Å². The van der Waals surface area contributed by atoms with Crippen LogP contribution >= 0.6 is 15.9 Å². The molecule has 1 atom stereocenters. The summed E-state index contributed by atoms with van der Waals surface area (Å²) in [6.45, 7) is 3.81. The molecule has 0 radical (unpaired) electrons. The number of nitrogens with zero attached hydrogens (tertiary/aromatic N) is 1. The average molecular weight is 313 g/mol. The lowest BCUT2D eigenvalue weighted by Crippen LogP contribution is -2.30. The van der Waals surface area contributed by atoms with E-state index in [1.807, 2.05) is 12.1 Å². The van der Waals surface area contributed by atoms with Crippen molar-refractivity contribution in [1.29, 1.82) is 0 Å². The van der Waals surface area contributed by atoms with Gasteiger partial charge < -0.3 is 15.4 Å². The predicted molar refractivity (Wildman–Crippen MR) is 78.4 cm³/mol. The van der Waals surface area contributed by atoms with Crippen LogP contribution in [0.3, 0.4) is 0 Å². The zero-order chi connectivity index (χ0) is 13.0. The third kappa shape index (κ3) is 3.97. The Morgan fingerprint density at radius 2 is 2.33 bits per heavy atom. The molecule has 0 spiro atoms. The van der Waals surface area contributed by atoms with Crippen LogP contribution < -0.4 is 5.73 Å². The number of hydrogen-bond acceptors (Lipinski definition) is 3. The highest BCUT2D eigenvalue weighted by Crippen LogP contribution is 2.21. The Labute approximate surface area is 117 Å². The standard InChI is InChI=1S/C14H21BrN2O/c1-17(8-11-3-2-6-18-10-11)9-12-4-5-13(15)7-14(12)16/h4-5,7,11H,2-3,6,8-10,16H2,1H3. The molecular weight excluding hydrogens is 292 g/mol. The van der Waals surface area contributed by atoms with Crippen LogP contribution in [-0.4, -0.2) is 31.7 Å². The van der Waals surface area contributed by atoms with E-state index >= 15 is 0 Å². The summed E-state index contributed by atoms with van der Waals surface area (Å²) < 4.78 is 6.55. The molecule has 1 saturated heterocycles. The van der Waals surface area contributed by atoms with E-state index in [4.69, 9.17) is 10.5 Å². The number of rotatable bonds is 4. The molecule has 1 heterocycles. The summed E-state index contributed by atoms with van der Waals surface area (Å²) in [6, 6.07) is 6.10. The first kappa shape index (κ1) is 13.8. The molecule has 3 nitrogen and oxygen atoms in total. The zero-order valence-electron chi connectivity index (χ0n) is 10.9. The van der Waals surface area contributed by atoms with E-state index in [-0.39, 0.29) is 0 Å². The highest BCUT2D eigenvalue weighted by atomic mass is 79.9. The van der Waals surface area contributed by atoms with Gasteiger partial charge in [0.2, 0.25) is 0 Å². The van der Waals surface area contributed by atoms with Crippen LogP contribution in [0.4, 0.5) is 5.69 Å². The lowest BCUT2D eigenvalue weighted by Gasteiger charge is -2.27. The summed E-state index contributed by atoms with van der Waals surface area (Å²) >= 11 is 3.43. The molecule has 2 rings (SSSR count). The molecule has 1 aliphatic heterocycles. The molecule has 100 valence electrons. The van der Waals surface area contributed by atoms with Gasteiger partial charge in [-0.25, -0.2) is 0 Å². The van der Waals surface area contributed by atoms with E-state index in [2.05, 4.69) is 33.9 Å². The maximum Gasteiger partial charge on any atom is 0.0506 e. The largest absolute Gasteiger partial charge is 0.398 e. The van der Waals surface area contributed by atoms with Crippen molar-refractivity contribution < 1.29 is 4.74 Å². The van der Waals surface area contributed by atoms with Crippen LogP contribution in [0.2, 0.25) is 0 Å². The number of hydrogen-bond donors (Lipinski definition) is 1. The monoisotopic (exact) mass is 312 g/mol. The Balaban J connectivity index is 1.87. The van der Waals surface area contributed by atoms with Gasteiger partial charge in [-0.15, -0.1) is 0 Å². The minimum absolute atomic E-state index is 0.667. The van der Waals surface area contributed by atoms with Crippen molar-refractivity contribution in [2.45, 2.75) is 19.4 Å². The van der Waals surface area contributed by atoms with Gasteiger partial charge in [0.1, 0.15) is 0 Å². The van der Waals surface area contributed by atoms with E-state index < -0.39 is 0 Å². The maximum absolute atomic E-state index is 6.02. The Hall–Kier alpha value is -0.580. The second-order valence-electron chi connectivity index (χ2n) is 5.12. The lowest BCUT2D eigenvalue weighted by molar-refractivity contribution is 0.0412. The minimum Gasteiger partial charge on any atom is -0.398 e. The second kappa shape index (κ2) is 6.55. The summed E-state index contributed by atoms with van der Waals surface area (Å²) in [5, 5.41) is 0. The van der Waals surface area contributed by atoms with Gasteiger partial charge in [0.05, 0.1) is 6.61 Å². The van der Waals surface area contributed by atoms with Gasteiger partial charge in [-0.2, -0.15) is 0 Å². The van der Waals surface area contributed by atoms with Gasteiger partial charge in [-0.1, -0.05) is 22.0 Å². The Morgan fingerprint density at radius 1 is 1.50 bits per heavy atom. The number of nitrogens with two attached hydrogens (primary N) is 1. The highest BCUT2D eigenvalue weighted by molar-refractivity contribution is 9.10. The van der Waals surface area contributed by atoms with Crippen molar-refractivity contribution in [2.24, 2.45) is 5.92 Å². The number of nitrogen functional groups attached to an aromatic ring is 1. The van der Waals surface area contributed by atoms with E-state index in [0.717, 1.165) is 36.5 Å². The van der Waals surface area contributed by atoms with E-state index in [1.54, 1.807) is 0 Å². The van der Waals surface area contributed by atoms with Gasteiger partial charge in [-0.3, -0.25) is 0 Å². The Bertz CT molecular complexity index is 391. The smallest absolute Gasteiger partial charge is 0.0506 e. The van der Waals surface area contributed by atoms with E-state index in [1.165, 1.54) is 18.4 Å². The quantitative estimate of drug-likeness (QED) is 0.869. The molecule has 0 aliphatic carbocycles.